The van der Waals surface area contributed by atoms with Gasteiger partial charge in [0.2, 0.25) is 0 Å². The van der Waals surface area contributed by atoms with E-state index in [0.29, 0.717) is 34.9 Å². The molecule has 2 aromatic heterocycles. The van der Waals surface area contributed by atoms with Crippen molar-refractivity contribution in [1.29, 1.82) is 0 Å². The van der Waals surface area contributed by atoms with Crippen LogP contribution in [0.3, 0.4) is 0 Å². The second-order valence-electron chi connectivity index (χ2n) is 8.89. The summed E-state index contributed by atoms with van der Waals surface area (Å²) >= 11 is 7.20. The SMILES string of the molecule is Nc1ccccc1NC(=O)c1nc2c(s1)CN(C(=S)NC1CCC(c3cccnc3)CC1)CC2. The first-order chi connectivity index (χ1) is 16.6. The highest BCUT2D eigenvalue weighted by molar-refractivity contribution is 7.80. The predicted molar refractivity (Wildman–Crippen MR) is 140 cm³/mol. The minimum Gasteiger partial charge on any atom is -0.397 e. The number of carbonyl (C=O) groups excluding carboxylic acids is 1. The van der Waals surface area contributed by atoms with E-state index >= 15 is 0 Å². The molecular formula is C25H28N6OS2. The van der Waals surface area contributed by atoms with Crippen molar-refractivity contribution in [3.8, 4) is 0 Å². The summed E-state index contributed by atoms with van der Waals surface area (Å²) in [5.41, 5.74) is 9.42. The Morgan fingerprint density at radius 2 is 1.97 bits per heavy atom. The summed E-state index contributed by atoms with van der Waals surface area (Å²) in [6.45, 7) is 1.49. The number of hydrogen-bond donors (Lipinski definition) is 3. The molecule has 1 aliphatic heterocycles. The summed E-state index contributed by atoms with van der Waals surface area (Å²) < 4.78 is 0. The molecule has 176 valence electrons. The van der Waals surface area contributed by atoms with E-state index in [1.807, 2.05) is 30.6 Å². The van der Waals surface area contributed by atoms with E-state index in [1.54, 1.807) is 12.1 Å². The third-order valence-electron chi connectivity index (χ3n) is 6.63. The lowest BCUT2D eigenvalue weighted by Crippen LogP contribution is -2.47. The first-order valence-electron chi connectivity index (χ1n) is 11.7. The summed E-state index contributed by atoms with van der Waals surface area (Å²) in [5.74, 6) is 0.362. The van der Waals surface area contributed by atoms with E-state index in [2.05, 4.69) is 31.6 Å². The van der Waals surface area contributed by atoms with E-state index in [1.165, 1.54) is 16.9 Å². The van der Waals surface area contributed by atoms with Crippen LogP contribution in [0.1, 0.15) is 57.5 Å². The molecular weight excluding hydrogens is 464 g/mol. The Balaban J connectivity index is 1.15. The first-order valence-corrected chi connectivity index (χ1v) is 12.9. The van der Waals surface area contributed by atoms with Crippen molar-refractivity contribution in [2.45, 2.75) is 50.6 Å². The molecule has 1 saturated carbocycles. The topological polar surface area (TPSA) is 96.2 Å². The molecule has 4 N–H and O–H groups in total. The van der Waals surface area contributed by atoms with E-state index < -0.39 is 0 Å². The van der Waals surface area contributed by atoms with Crippen LogP contribution in [0.5, 0.6) is 0 Å². The van der Waals surface area contributed by atoms with Gasteiger partial charge in [-0.1, -0.05) is 18.2 Å². The predicted octanol–water partition coefficient (Wildman–Crippen LogP) is 4.33. The number of carbonyl (C=O) groups is 1. The van der Waals surface area contributed by atoms with Gasteiger partial charge in [0.15, 0.2) is 10.1 Å². The summed E-state index contributed by atoms with van der Waals surface area (Å²) in [4.78, 5) is 24.9. The number of rotatable bonds is 4. The molecule has 0 radical (unpaired) electrons. The number of amides is 1. The number of anilines is 2. The molecule has 7 nitrogen and oxygen atoms in total. The van der Waals surface area contributed by atoms with Gasteiger partial charge in [-0.05, 0) is 67.6 Å². The summed E-state index contributed by atoms with van der Waals surface area (Å²) in [7, 11) is 0. The second kappa shape index (κ2) is 10.1. The molecule has 1 fully saturated rings. The number of nitrogens with zero attached hydrogens (tertiary/aromatic N) is 3. The highest BCUT2D eigenvalue weighted by Crippen LogP contribution is 2.33. The van der Waals surface area contributed by atoms with Crippen LogP contribution in [-0.2, 0) is 13.0 Å². The lowest BCUT2D eigenvalue weighted by molar-refractivity contribution is 0.102. The zero-order valence-electron chi connectivity index (χ0n) is 18.9. The Morgan fingerprint density at radius 3 is 2.74 bits per heavy atom. The van der Waals surface area contributed by atoms with Crippen molar-refractivity contribution in [3.63, 3.8) is 0 Å². The normalized spacial score (nSPS) is 19.8. The van der Waals surface area contributed by atoms with Gasteiger partial charge in [-0.15, -0.1) is 11.3 Å². The van der Waals surface area contributed by atoms with Crippen molar-refractivity contribution < 1.29 is 4.79 Å². The molecule has 1 amide bonds. The number of para-hydroxylation sites is 2. The number of benzene rings is 1. The molecule has 1 aromatic carbocycles. The molecule has 5 rings (SSSR count). The molecule has 3 heterocycles. The Labute approximate surface area is 208 Å². The zero-order chi connectivity index (χ0) is 23.5. The molecule has 2 aliphatic rings. The Bertz CT molecular complexity index is 1170. The van der Waals surface area contributed by atoms with E-state index in [0.717, 1.165) is 54.3 Å². The average molecular weight is 493 g/mol. The van der Waals surface area contributed by atoms with Crippen molar-refractivity contribution in [3.05, 3.63) is 69.9 Å². The second-order valence-corrected chi connectivity index (χ2v) is 10.4. The minimum absolute atomic E-state index is 0.227. The van der Waals surface area contributed by atoms with E-state index in [9.17, 15) is 4.79 Å². The van der Waals surface area contributed by atoms with Gasteiger partial charge in [0, 0.05) is 36.3 Å². The molecule has 0 saturated heterocycles. The van der Waals surface area contributed by atoms with Crippen molar-refractivity contribution in [2.75, 3.05) is 17.6 Å². The number of nitrogens with one attached hydrogen (secondary N) is 2. The number of thiocarbonyl (C=S) groups is 1. The van der Waals surface area contributed by atoms with Crippen molar-refractivity contribution >= 4 is 45.9 Å². The largest absolute Gasteiger partial charge is 0.397 e. The van der Waals surface area contributed by atoms with Crippen molar-refractivity contribution in [1.82, 2.24) is 20.2 Å². The molecule has 0 spiro atoms. The maximum Gasteiger partial charge on any atom is 0.284 e. The number of nitrogen functional groups attached to an aromatic ring is 1. The van der Waals surface area contributed by atoms with Gasteiger partial charge in [-0.25, -0.2) is 4.98 Å². The number of pyridine rings is 1. The maximum atomic E-state index is 12.7. The van der Waals surface area contributed by atoms with Gasteiger partial charge in [-0.2, -0.15) is 0 Å². The number of fused-ring (bicyclic) bond motifs is 1. The Hall–Kier alpha value is -3.04. The third kappa shape index (κ3) is 5.05. The molecule has 0 unspecified atom stereocenters. The summed E-state index contributed by atoms with van der Waals surface area (Å²) in [6.07, 6.45) is 9.11. The van der Waals surface area contributed by atoms with E-state index in [4.69, 9.17) is 18.0 Å². The maximum absolute atomic E-state index is 12.7. The van der Waals surface area contributed by atoms with Crippen molar-refractivity contribution in [2.24, 2.45) is 0 Å². The monoisotopic (exact) mass is 492 g/mol. The summed E-state index contributed by atoms with van der Waals surface area (Å²) in [6, 6.07) is 11.8. The van der Waals surface area contributed by atoms with Crippen LogP contribution in [0, 0.1) is 0 Å². The van der Waals surface area contributed by atoms with Gasteiger partial charge in [0.05, 0.1) is 23.6 Å². The average Bonchev–Trinajstić information content (AvgIpc) is 3.30. The van der Waals surface area contributed by atoms with Crippen LogP contribution >= 0.6 is 23.6 Å². The lowest BCUT2D eigenvalue weighted by atomic mass is 9.82. The Kier molecular flexibility index (Phi) is 6.73. The van der Waals surface area contributed by atoms with Gasteiger partial charge in [-0.3, -0.25) is 9.78 Å². The molecule has 9 heteroatoms. The minimum atomic E-state index is -0.227. The molecule has 34 heavy (non-hydrogen) atoms. The van der Waals surface area contributed by atoms with Gasteiger partial charge < -0.3 is 21.3 Å². The fourth-order valence-corrected chi connectivity index (χ4v) is 6.05. The number of hydrogen-bond acceptors (Lipinski definition) is 6. The highest BCUT2D eigenvalue weighted by Gasteiger charge is 2.27. The molecule has 0 bridgehead atoms. The zero-order valence-corrected chi connectivity index (χ0v) is 20.5. The Morgan fingerprint density at radius 1 is 1.15 bits per heavy atom. The smallest absolute Gasteiger partial charge is 0.284 e. The fourth-order valence-electron chi connectivity index (χ4n) is 4.71. The number of nitrogens with two attached hydrogens (primary N) is 1. The van der Waals surface area contributed by atoms with Crippen LogP contribution in [0.25, 0.3) is 0 Å². The van der Waals surface area contributed by atoms with Gasteiger partial charge in [0.25, 0.3) is 5.91 Å². The quantitative estimate of drug-likeness (QED) is 0.368. The standard InChI is InChI=1S/C25H28N6OS2/c26-19-5-1-2-6-20(19)29-23(32)24-30-21-11-13-31(15-22(21)34-24)25(33)28-18-9-7-16(8-10-18)17-4-3-12-27-14-17/h1-6,12,14,16,18H,7-11,13,15,26H2,(H,28,33)(H,29,32). The lowest BCUT2D eigenvalue weighted by Gasteiger charge is -2.34. The number of aromatic nitrogens is 2. The molecule has 0 atom stereocenters. The summed E-state index contributed by atoms with van der Waals surface area (Å²) in [5, 5.41) is 7.72. The van der Waals surface area contributed by atoms with Gasteiger partial charge >= 0.3 is 0 Å². The third-order valence-corrected chi connectivity index (χ3v) is 8.09. The fraction of sp³-hybridized carbons (Fsp3) is 0.360. The highest BCUT2D eigenvalue weighted by atomic mass is 32.1. The van der Waals surface area contributed by atoms with Crippen LogP contribution in [0.4, 0.5) is 11.4 Å². The van der Waals surface area contributed by atoms with Crippen LogP contribution in [-0.4, -0.2) is 38.5 Å². The van der Waals surface area contributed by atoms with Crippen LogP contribution in [0.15, 0.2) is 48.8 Å². The first kappa shape index (κ1) is 22.7. The molecule has 3 aromatic rings. The van der Waals surface area contributed by atoms with Gasteiger partial charge in [0.1, 0.15) is 0 Å². The number of thiazole rings is 1. The van der Waals surface area contributed by atoms with Crippen LogP contribution < -0.4 is 16.4 Å². The van der Waals surface area contributed by atoms with E-state index in [-0.39, 0.29) is 5.91 Å². The molecule has 1 aliphatic carbocycles. The van der Waals surface area contributed by atoms with Crippen LogP contribution in [0.2, 0.25) is 0 Å².